The predicted molar refractivity (Wildman–Crippen MR) is 377 cm³/mol. The van der Waals surface area contributed by atoms with Crippen LogP contribution in [0.5, 0.6) is 0 Å². The molecule has 0 aliphatic heterocycles. The third kappa shape index (κ3) is 67.9. The number of allylic oxidation sites excluding steroid dienone is 4. The molecule has 17 nitrogen and oxygen atoms in total. The first kappa shape index (κ1) is 90.5. The fourth-order valence-electron chi connectivity index (χ4n) is 10.7. The molecule has 19 heteroatoms. The van der Waals surface area contributed by atoms with Crippen LogP contribution in [0, 0.1) is 17.8 Å². The molecule has 3 N–H and O–H groups in total. The van der Waals surface area contributed by atoms with E-state index in [9.17, 15) is 43.2 Å². The summed E-state index contributed by atoms with van der Waals surface area (Å²) in [5.74, 6) is 0.0677. The lowest BCUT2D eigenvalue weighted by Crippen LogP contribution is -2.30. The Kier molecular flexibility index (Phi) is 62.5. The van der Waals surface area contributed by atoms with Crippen molar-refractivity contribution in [2.45, 2.75) is 369 Å². The van der Waals surface area contributed by atoms with Gasteiger partial charge >= 0.3 is 39.5 Å². The normalized spacial score (nSPS) is 14.3. The quantitative estimate of drug-likeness (QED) is 0.0169. The maximum Gasteiger partial charge on any atom is 0.472 e. The number of ether oxygens (including phenoxy) is 4. The van der Waals surface area contributed by atoms with Gasteiger partial charge in [0.05, 0.1) is 26.4 Å². The van der Waals surface area contributed by atoms with Crippen molar-refractivity contribution in [2.75, 3.05) is 39.6 Å². The van der Waals surface area contributed by atoms with Crippen LogP contribution in [0.1, 0.15) is 350 Å². The third-order valence-corrected chi connectivity index (χ3v) is 18.4. The topological polar surface area (TPSA) is 237 Å². The van der Waals surface area contributed by atoms with Crippen LogP contribution in [0.25, 0.3) is 0 Å². The van der Waals surface area contributed by atoms with E-state index in [4.69, 9.17) is 37.0 Å². The number of rotatable bonds is 70. The van der Waals surface area contributed by atoms with E-state index < -0.39 is 97.5 Å². The Bertz CT molecular complexity index is 1910. The van der Waals surface area contributed by atoms with Gasteiger partial charge in [0.2, 0.25) is 0 Å². The Morgan fingerprint density at radius 1 is 0.333 bits per heavy atom. The number of hydrogen-bond donors (Lipinski definition) is 3. The lowest BCUT2D eigenvalue weighted by Gasteiger charge is -2.21. The SMILES string of the molecule is CCCCCC/C=C\C=C/CCCCCCCC(=O)O[C@H](COC(=O)CCCCCCCCC(C)C)COP(=O)(O)OC[C@H](O)COP(=O)(O)OC[C@@H](COC(=O)CCCCCCCCCCCCCC(C)C)OC(=O)CCCCCCCCCCCCCCC(C)C. The standard InChI is InChI=1S/C74H140O17P2/c1-8-9-10-11-12-13-14-15-16-17-23-29-34-43-50-57-74(79)91-70(62-85-72(77)56-49-42-37-36-40-47-54-67(6)7)64-89-93(82,83)87-60-68(75)59-86-92(80,81)88-63-69(61-84-71(76)55-48-41-33-28-25-20-22-27-32-39-46-53-66(4)5)90-73(78)58-51-44-35-30-24-19-18-21-26-31-38-45-52-65(2)3/h13-16,65-70,75H,8-12,17-64H2,1-7H3,(H,80,81)(H,82,83)/b14-13-,16-15-/t68-,69-,70-/m1/s1. The number of hydrogen-bond acceptors (Lipinski definition) is 15. The molecule has 0 saturated carbocycles. The minimum Gasteiger partial charge on any atom is -0.462 e. The summed E-state index contributed by atoms with van der Waals surface area (Å²) in [5, 5.41) is 10.6. The van der Waals surface area contributed by atoms with Crippen molar-refractivity contribution >= 4 is 39.5 Å². The number of carbonyl (C=O) groups is 4. The fraction of sp³-hybridized carbons (Fsp3) is 0.892. The highest BCUT2D eigenvalue weighted by molar-refractivity contribution is 7.47. The number of carbonyl (C=O) groups excluding carboxylic acids is 4. The zero-order valence-electron chi connectivity index (χ0n) is 60.2. The molecule has 0 aromatic rings. The monoisotopic (exact) mass is 1360 g/mol. The van der Waals surface area contributed by atoms with Gasteiger partial charge in [0, 0.05) is 25.7 Å². The highest BCUT2D eigenvalue weighted by Gasteiger charge is 2.30. The molecule has 0 spiro atoms. The van der Waals surface area contributed by atoms with Crippen molar-refractivity contribution in [1.82, 2.24) is 0 Å². The third-order valence-electron chi connectivity index (χ3n) is 16.5. The van der Waals surface area contributed by atoms with E-state index in [0.717, 1.165) is 121 Å². The molecule has 0 aliphatic rings. The van der Waals surface area contributed by atoms with Crippen molar-refractivity contribution in [3.8, 4) is 0 Å². The number of aliphatic hydroxyl groups excluding tert-OH is 1. The Labute approximate surface area is 567 Å². The van der Waals surface area contributed by atoms with E-state index in [1.165, 1.54) is 141 Å². The summed E-state index contributed by atoms with van der Waals surface area (Å²) < 4.78 is 68.4. The minimum absolute atomic E-state index is 0.0836. The maximum absolute atomic E-state index is 13.1. The molecule has 0 saturated heterocycles. The van der Waals surface area contributed by atoms with Crippen molar-refractivity contribution in [3.63, 3.8) is 0 Å². The first-order valence-corrected chi connectivity index (χ1v) is 40.7. The van der Waals surface area contributed by atoms with Gasteiger partial charge in [-0.3, -0.25) is 37.3 Å². The Morgan fingerprint density at radius 3 is 0.871 bits per heavy atom. The number of aliphatic hydroxyl groups is 1. The van der Waals surface area contributed by atoms with Crippen molar-refractivity contribution in [2.24, 2.45) is 17.8 Å². The van der Waals surface area contributed by atoms with Gasteiger partial charge in [0.15, 0.2) is 12.2 Å². The number of unbranched alkanes of at least 4 members (excludes halogenated alkanes) is 35. The van der Waals surface area contributed by atoms with Gasteiger partial charge in [-0.05, 0) is 69.1 Å². The van der Waals surface area contributed by atoms with Crippen LogP contribution >= 0.6 is 15.6 Å². The summed E-state index contributed by atoms with van der Waals surface area (Å²) in [6.45, 7) is 11.7. The zero-order chi connectivity index (χ0) is 68.7. The molecule has 93 heavy (non-hydrogen) atoms. The summed E-state index contributed by atoms with van der Waals surface area (Å²) in [6, 6.07) is 0. The van der Waals surface area contributed by atoms with Crippen LogP contribution in [0.4, 0.5) is 0 Å². The first-order valence-electron chi connectivity index (χ1n) is 37.7. The molecule has 0 aromatic carbocycles. The van der Waals surface area contributed by atoms with Crippen molar-refractivity contribution in [1.29, 1.82) is 0 Å². The summed E-state index contributed by atoms with van der Waals surface area (Å²) in [7, 11) is -9.92. The smallest absolute Gasteiger partial charge is 0.462 e. The summed E-state index contributed by atoms with van der Waals surface area (Å²) in [5.41, 5.74) is 0. The molecule has 0 bridgehead atoms. The van der Waals surface area contributed by atoms with Crippen molar-refractivity contribution < 1.29 is 80.2 Å². The lowest BCUT2D eigenvalue weighted by atomic mass is 10.0. The molecule has 0 heterocycles. The molecule has 0 radical (unpaired) electrons. The number of phosphoric acid groups is 2. The lowest BCUT2D eigenvalue weighted by molar-refractivity contribution is -0.161. The van der Waals surface area contributed by atoms with Crippen LogP contribution in [0.3, 0.4) is 0 Å². The molecule has 5 atom stereocenters. The largest absolute Gasteiger partial charge is 0.472 e. The average Bonchev–Trinajstić information content (AvgIpc) is 1.83. The van der Waals surface area contributed by atoms with Gasteiger partial charge < -0.3 is 33.8 Å². The van der Waals surface area contributed by atoms with Crippen LogP contribution in [-0.2, 0) is 65.4 Å². The number of esters is 4. The maximum atomic E-state index is 13.1. The van der Waals surface area contributed by atoms with Gasteiger partial charge in [0.1, 0.15) is 19.3 Å². The molecule has 0 rings (SSSR count). The molecular weight excluding hydrogens is 1220 g/mol. The van der Waals surface area contributed by atoms with Gasteiger partial charge in [-0.25, -0.2) is 9.13 Å². The van der Waals surface area contributed by atoms with Crippen LogP contribution in [0.2, 0.25) is 0 Å². The summed E-state index contributed by atoms with van der Waals surface area (Å²) in [6.07, 6.45) is 52.3. The Balaban J connectivity index is 5.28. The minimum atomic E-state index is -4.96. The van der Waals surface area contributed by atoms with Gasteiger partial charge in [-0.15, -0.1) is 0 Å². The van der Waals surface area contributed by atoms with E-state index in [1.807, 2.05) is 0 Å². The highest BCUT2D eigenvalue weighted by Crippen LogP contribution is 2.45. The Hall–Kier alpha value is -2.46. The van der Waals surface area contributed by atoms with Gasteiger partial charge in [-0.2, -0.15) is 0 Å². The second-order valence-electron chi connectivity index (χ2n) is 27.4. The molecular formula is C74H140O17P2. The molecule has 0 aliphatic carbocycles. The van der Waals surface area contributed by atoms with E-state index in [2.05, 4.69) is 72.8 Å². The zero-order valence-corrected chi connectivity index (χ0v) is 62.0. The van der Waals surface area contributed by atoms with Crippen LogP contribution in [0.15, 0.2) is 24.3 Å². The second-order valence-corrected chi connectivity index (χ2v) is 30.3. The van der Waals surface area contributed by atoms with Crippen molar-refractivity contribution in [3.05, 3.63) is 24.3 Å². The highest BCUT2D eigenvalue weighted by atomic mass is 31.2. The number of phosphoric ester groups is 2. The molecule has 548 valence electrons. The van der Waals surface area contributed by atoms with Gasteiger partial charge in [-0.1, -0.05) is 297 Å². The first-order chi connectivity index (χ1) is 44.7. The molecule has 0 fully saturated rings. The van der Waals surface area contributed by atoms with Gasteiger partial charge in [0.25, 0.3) is 0 Å². The van der Waals surface area contributed by atoms with E-state index >= 15 is 0 Å². The molecule has 0 amide bonds. The van der Waals surface area contributed by atoms with E-state index in [0.29, 0.717) is 31.6 Å². The van der Waals surface area contributed by atoms with Crippen LogP contribution in [-0.4, -0.2) is 96.7 Å². The summed E-state index contributed by atoms with van der Waals surface area (Å²) >= 11 is 0. The van der Waals surface area contributed by atoms with E-state index in [-0.39, 0.29) is 25.7 Å². The second kappa shape index (κ2) is 64.2. The molecule has 2 unspecified atom stereocenters. The average molecular weight is 1360 g/mol. The molecule has 0 aromatic heterocycles. The summed E-state index contributed by atoms with van der Waals surface area (Å²) in [4.78, 5) is 72.7. The van der Waals surface area contributed by atoms with E-state index in [1.54, 1.807) is 0 Å². The Morgan fingerprint density at radius 2 is 0.581 bits per heavy atom. The predicted octanol–water partition coefficient (Wildman–Crippen LogP) is 21.0. The van der Waals surface area contributed by atoms with Crippen LogP contribution < -0.4 is 0 Å². The fourth-order valence-corrected chi connectivity index (χ4v) is 12.3.